The number of aromatic nitrogens is 1. The van der Waals surface area contributed by atoms with Crippen LogP contribution < -0.4 is 11.1 Å². The number of para-hydroxylation sites is 1. The SMILES string of the molecule is CC(O)C(N)CNc1ccc2ccccc2n1. The van der Waals surface area contributed by atoms with Crippen LogP contribution in [0.2, 0.25) is 0 Å². The van der Waals surface area contributed by atoms with Gasteiger partial charge in [0.25, 0.3) is 0 Å². The summed E-state index contributed by atoms with van der Waals surface area (Å²) in [6.07, 6.45) is -0.525. The smallest absolute Gasteiger partial charge is 0.126 e. The Morgan fingerprint density at radius 3 is 2.82 bits per heavy atom. The molecule has 0 fully saturated rings. The van der Waals surface area contributed by atoms with Crippen LogP contribution in [0.15, 0.2) is 36.4 Å². The summed E-state index contributed by atoms with van der Waals surface area (Å²) in [6.45, 7) is 2.18. The number of hydrogen-bond donors (Lipinski definition) is 3. The lowest BCUT2D eigenvalue weighted by Crippen LogP contribution is -2.38. The Labute approximate surface area is 100 Å². The minimum atomic E-state index is -0.525. The molecular formula is C13H17N3O. The summed E-state index contributed by atoms with van der Waals surface area (Å²) in [5.41, 5.74) is 6.68. The molecule has 1 aromatic carbocycles. The monoisotopic (exact) mass is 231 g/mol. The van der Waals surface area contributed by atoms with Crippen molar-refractivity contribution in [3.63, 3.8) is 0 Å². The Morgan fingerprint density at radius 2 is 2.06 bits per heavy atom. The van der Waals surface area contributed by atoms with Gasteiger partial charge in [-0.15, -0.1) is 0 Å². The largest absolute Gasteiger partial charge is 0.392 e. The van der Waals surface area contributed by atoms with Crippen LogP contribution in [0.25, 0.3) is 10.9 Å². The van der Waals surface area contributed by atoms with Gasteiger partial charge < -0.3 is 16.2 Å². The fourth-order valence-electron chi connectivity index (χ4n) is 1.56. The topological polar surface area (TPSA) is 71.2 Å². The number of hydrogen-bond acceptors (Lipinski definition) is 4. The van der Waals surface area contributed by atoms with Gasteiger partial charge in [0, 0.05) is 18.0 Å². The van der Waals surface area contributed by atoms with E-state index in [0.29, 0.717) is 6.54 Å². The molecule has 0 aliphatic carbocycles. The van der Waals surface area contributed by atoms with Crippen LogP contribution in [0.4, 0.5) is 5.82 Å². The van der Waals surface area contributed by atoms with Crippen LogP contribution in [0.5, 0.6) is 0 Å². The second-order valence-corrected chi connectivity index (χ2v) is 4.17. The molecule has 0 aliphatic rings. The summed E-state index contributed by atoms with van der Waals surface area (Å²) >= 11 is 0. The summed E-state index contributed by atoms with van der Waals surface area (Å²) in [5, 5.41) is 13.5. The van der Waals surface area contributed by atoms with E-state index >= 15 is 0 Å². The van der Waals surface area contributed by atoms with E-state index < -0.39 is 6.10 Å². The van der Waals surface area contributed by atoms with Crippen molar-refractivity contribution in [3.8, 4) is 0 Å². The van der Waals surface area contributed by atoms with E-state index in [0.717, 1.165) is 16.7 Å². The van der Waals surface area contributed by atoms with Crippen molar-refractivity contribution in [1.29, 1.82) is 0 Å². The average Bonchev–Trinajstić information content (AvgIpc) is 2.35. The highest BCUT2D eigenvalue weighted by molar-refractivity contribution is 5.79. The van der Waals surface area contributed by atoms with Gasteiger partial charge in [0.15, 0.2) is 0 Å². The fraction of sp³-hybridized carbons (Fsp3) is 0.308. The Bertz CT molecular complexity index is 499. The lowest BCUT2D eigenvalue weighted by Gasteiger charge is -2.15. The lowest BCUT2D eigenvalue weighted by molar-refractivity contribution is 0.168. The van der Waals surface area contributed by atoms with Crippen LogP contribution in [-0.4, -0.2) is 28.8 Å². The Balaban J connectivity index is 2.09. The molecule has 0 amide bonds. The molecule has 2 unspecified atom stereocenters. The van der Waals surface area contributed by atoms with E-state index in [9.17, 15) is 5.11 Å². The number of pyridine rings is 1. The van der Waals surface area contributed by atoms with Crippen molar-refractivity contribution in [2.24, 2.45) is 5.73 Å². The zero-order chi connectivity index (χ0) is 12.3. The van der Waals surface area contributed by atoms with Crippen molar-refractivity contribution >= 4 is 16.7 Å². The molecule has 4 heteroatoms. The molecule has 2 rings (SSSR count). The van der Waals surface area contributed by atoms with Gasteiger partial charge in [-0.1, -0.05) is 18.2 Å². The zero-order valence-corrected chi connectivity index (χ0v) is 9.80. The molecule has 90 valence electrons. The maximum Gasteiger partial charge on any atom is 0.126 e. The second kappa shape index (κ2) is 5.12. The molecule has 4 N–H and O–H groups in total. The minimum absolute atomic E-state index is 0.289. The van der Waals surface area contributed by atoms with Gasteiger partial charge >= 0.3 is 0 Å². The van der Waals surface area contributed by atoms with Crippen molar-refractivity contribution < 1.29 is 5.11 Å². The van der Waals surface area contributed by atoms with Crippen LogP contribution in [0.3, 0.4) is 0 Å². The standard InChI is InChI=1S/C13H17N3O/c1-9(17)11(14)8-15-13-7-6-10-4-2-3-5-12(10)16-13/h2-7,9,11,17H,8,14H2,1H3,(H,15,16). The summed E-state index contributed by atoms with van der Waals surface area (Å²) in [7, 11) is 0. The van der Waals surface area contributed by atoms with E-state index in [4.69, 9.17) is 5.73 Å². The predicted molar refractivity (Wildman–Crippen MR) is 69.9 cm³/mol. The van der Waals surface area contributed by atoms with Gasteiger partial charge in [0.1, 0.15) is 5.82 Å². The molecule has 0 saturated heterocycles. The highest BCUT2D eigenvalue weighted by atomic mass is 16.3. The number of rotatable bonds is 4. The Hall–Kier alpha value is -1.65. The van der Waals surface area contributed by atoms with E-state index in [-0.39, 0.29) is 6.04 Å². The molecule has 17 heavy (non-hydrogen) atoms. The number of aliphatic hydroxyl groups is 1. The summed E-state index contributed by atoms with van der Waals surface area (Å²) in [4.78, 5) is 4.46. The first-order chi connectivity index (χ1) is 8.16. The third-order valence-electron chi connectivity index (χ3n) is 2.74. The van der Waals surface area contributed by atoms with Crippen LogP contribution >= 0.6 is 0 Å². The molecule has 4 nitrogen and oxygen atoms in total. The van der Waals surface area contributed by atoms with E-state index in [1.54, 1.807) is 6.92 Å². The number of nitrogens with two attached hydrogens (primary N) is 1. The van der Waals surface area contributed by atoms with E-state index in [1.165, 1.54) is 0 Å². The second-order valence-electron chi connectivity index (χ2n) is 4.17. The maximum absolute atomic E-state index is 9.29. The molecule has 0 aliphatic heterocycles. The first-order valence-corrected chi connectivity index (χ1v) is 5.70. The predicted octanol–water partition coefficient (Wildman–Crippen LogP) is 1.35. The fourth-order valence-corrected chi connectivity index (χ4v) is 1.56. The molecule has 2 atom stereocenters. The first kappa shape index (κ1) is 11.8. The van der Waals surface area contributed by atoms with Crippen molar-refractivity contribution in [3.05, 3.63) is 36.4 Å². The summed E-state index contributed by atoms with van der Waals surface area (Å²) in [6, 6.07) is 11.6. The lowest BCUT2D eigenvalue weighted by atomic mass is 10.2. The first-order valence-electron chi connectivity index (χ1n) is 5.70. The molecule has 0 saturated carbocycles. The molecule has 0 spiro atoms. The number of nitrogens with zero attached hydrogens (tertiary/aromatic N) is 1. The summed E-state index contributed by atoms with van der Waals surface area (Å²) < 4.78 is 0. The van der Waals surface area contributed by atoms with Gasteiger partial charge in [-0.25, -0.2) is 4.98 Å². The van der Waals surface area contributed by atoms with E-state index in [2.05, 4.69) is 10.3 Å². The zero-order valence-electron chi connectivity index (χ0n) is 9.80. The molecule has 1 aromatic heterocycles. The number of anilines is 1. The van der Waals surface area contributed by atoms with E-state index in [1.807, 2.05) is 36.4 Å². The number of aliphatic hydroxyl groups excluding tert-OH is 1. The van der Waals surface area contributed by atoms with Crippen LogP contribution in [-0.2, 0) is 0 Å². The molecule has 2 aromatic rings. The van der Waals surface area contributed by atoms with Gasteiger partial charge in [-0.3, -0.25) is 0 Å². The normalized spacial score (nSPS) is 14.5. The number of fused-ring (bicyclic) bond motifs is 1. The molecule has 0 bridgehead atoms. The third-order valence-corrected chi connectivity index (χ3v) is 2.74. The average molecular weight is 231 g/mol. The Morgan fingerprint density at radius 1 is 1.29 bits per heavy atom. The molecular weight excluding hydrogens is 214 g/mol. The quantitative estimate of drug-likeness (QED) is 0.743. The number of nitrogens with one attached hydrogen (secondary N) is 1. The summed E-state index contributed by atoms with van der Waals surface area (Å²) in [5.74, 6) is 0.778. The van der Waals surface area contributed by atoms with Gasteiger partial charge in [0.2, 0.25) is 0 Å². The highest BCUT2D eigenvalue weighted by Crippen LogP contribution is 2.14. The maximum atomic E-state index is 9.29. The van der Waals surface area contributed by atoms with Gasteiger partial charge in [-0.2, -0.15) is 0 Å². The number of benzene rings is 1. The minimum Gasteiger partial charge on any atom is -0.392 e. The van der Waals surface area contributed by atoms with Gasteiger partial charge in [-0.05, 0) is 25.1 Å². The van der Waals surface area contributed by atoms with Crippen LogP contribution in [0, 0.1) is 0 Å². The Kier molecular flexibility index (Phi) is 3.56. The van der Waals surface area contributed by atoms with Crippen molar-refractivity contribution in [2.45, 2.75) is 19.1 Å². The highest BCUT2D eigenvalue weighted by Gasteiger charge is 2.08. The van der Waals surface area contributed by atoms with Crippen molar-refractivity contribution in [2.75, 3.05) is 11.9 Å². The van der Waals surface area contributed by atoms with Crippen LogP contribution in [0.1, 0.15) is 6.92 Å². The third kappa shape index (κ3) is 2.93. The van der Waals surface area contributed by atoms with Gasteiger partial charge in [0.05, 0.1) is 11.6 Å². The van der Waals surface area contributed by atoms with Crippen molar-refractivity contribution in [1.82, 2.24) is 4.98 Å². The molecule has 1 heterocycles. The molecule has 0 radical (unpaired) electrons.